The Balaban J connectivity index is 2.16. The quantitative estimate of drug-likeness (QED) is 0.597. The SMILES string of the molecule is COC(=O)C1CC2C=CC1(c1ccccc1)C(=O)O2. The number of carbonyl (C=O) groups excluding carboxylic acids is 2. The fourth-order valence-corrected chi connectivity index (χ4v) is 2.96. The van der Waals surface area contributed by atoms with Crippen molar-refractivity contribution in [3.8, 4) is 0 Å². The smallest absolute Gasteiger partial charge is 0.321 e. The van der Waals surface area contributed by atoms with Gasteiger partial charge in [0.05, 0.1) is 13.0 Å². The average molecular weight is 258 g/mol. The van der Waals surface area contributed by atoms with Crippen LogP contribution in [0.2, 0.25) is 0 Å². The van der Waals surface area contributed by atoms with Gasteiger partial charge in [-0.25, -0.2) is 0 Å². The molecule has 4 heteroatoms. The van der Waals surface area contributed by atoms with E-state index in [0.717, 1.165) is 5.56 Å². The second kappa shape index (κ2) is 4.23. The lowest BCUT2D eigenvalue weighted by atomic mass is 9.63. The van der Waals surface area contributed by atoms with Crippen LogP contribution in [-0.4, -0.2) is 25.2 Å². The van der Waals surface area contributed by atoms with Crippen LogP contribution >= 0.6 is 0 Å². The summed E-state index contributed by atoms with van der Waals surface area (Å²) in [5, 5.41) is 0. The van der Waals surface area contributed by atoms with E-state index in [9.17, 15) is 9.59 Å². The van der Waals surface area contributed by atoms with Gasteiger partial charge in [-0.05, 0) is 11.6 Å². The van der Waals surface area contributed by atoms with E-state index in [-0.39, 0.29) is 18.0 Å². The molecular formula is C15H14O4. The Kier molecular flexibility index (Phi) is 2.66. The van der Waals surface area contributed by atoms with Gasteiger partial charge in [0.1, 0.15) is 11.5 Å². The molecule has 2 aliphatic heterocycles. The Bertz CT molecular complexity index is 549. The van der Waals surface area contributed by atoms with Gasteiger partial charge in [-0.2, -0.15) is 0 Å². The zero-order chi connectivity index (χ0) is 13.5. The van der Waals surface area contributed by atoms with Crippen LogP contribution in [0.5, 0.6) is 0 Å². The summed E-state index contributed by atoms with van der Waals surface area (Å²) in [5.74, 6) is -1.25. The van der Waals surface area contributed by atoms with Crippen LogP contribution < -0.4 is 0 Å². The Morgan fingerprint density at radius 2 is 2.11 bits per heavy atom. The summed E-state index contributed by atoms with van der Waals surface area (Å²) in [6, 6.07) is 9.25. The number of rotatable bonds is 2. The minimum atomic E-state index is -1.04. The van der Waals surface area contributed by atoms with Crippen molar-refractivity contribution in [3.05, 3.63) is 48.0 Å². The van der Waals surface area contributed by atoms with Gasteiger partial charge in [-0.15, -0.1) is 0 Å². The molecule has 0 saturated carbocycles. The van der Waals surface area contributed by atoms with E-state index in [0.29, 0.717) is 6.42 Å². The van der Waals surface area contributed by atoms with Crippen LogP contribution in [0.25, 0.3) is 0 Å². The van der Waals surface area contributed by atoms with E-state index in [2.05, 4.69) is 0 Å². The number of ether oxygens (including phenoxy) is 2. The number of benzene rings is 1. The van der Waals surface area contributed by atoms with Crippen molar-refractivity contribution in [2.45, 2.75) is 17.9 Å². The predicted molar refractivity (Wildman–Crippen MR) is 67.3 cm³/mol. The lowest BCUT2D eigenvalue weighted by Gasteiger charge is -2.44. The molecule has 1 saturated heterocycles. The lowest BCUT2D eigenvalue weighted by Crippen LogP contribution is -2.55. The zero-order valence-corrected chi connectivity index (χ0v) is 10.5. The molecular weight excluding hydrogens is 244 g/mol. The molecule has 2 bridgehead atoms. The monoisotopic (exact) mass is 258 g/mol. The minimum Gasteiger partial charge on any atom is -0.469 e. The Hall–Kier alpha value is -2.10. The number of hydrogen-bond donors (Lipinski definition) is 0. The van der Waals surface area contributed by atoms with Crippen LogP contribution in [0.3, 0.4) is 0 Å². The topological polar surface area (TPSA) is 52.6 Å². The molecule has 0 aromatic heterocycles. The number of methoxy groups -OCH3 is 1. The maximum atomic E-state index is 12.3. The van der Waals surface area contributed by atoms with Gasteiger partial charge >= 0.3 is 11.9 Å². The molecule has 2 heterocycles. The third kappa shape index (κ3) is 1.59. The van der Waals surface area contributed by atoms with E-state index in [4.69, 9.17) is 9.47 Å². The summed E-state index contributed by atoms with van der Waals surface area (Å²) >= 11 is 0. The van der Waals surface area contributed by atoms with E-state index >= 15 is 0 Å². The predicted octanol–water partition coefficient (Wildman–Crippen LogP) is 1.60. The summed E-state index contributed by atoms with van der Waals surface area (Å²) in [6.45, 7) is 0. The van der Waals surface area contributed by atoms with Crippen LogP contribution in [-0.2, 0) is 24.5 Å². The number of carbonyl (C=O) groups is 2. The van der Waals surface area contributed by atoms with E-state index in [1.165, 1.54) is 7.11 Å². The molecule has 3 aliphatic rings. The first-order valence-electron chi connectivity index (χ1n) is 6.22. The molecule has 1 aliphatic carbocycles. The zero-order valence-electron chi connectivity index (χ0n) is 10.5. The van der Waals surface area contributed by atoms with E-state index in [1.807, 2.05) is 36.4 Å². The average Bonchev–Trinajstić information content (AvgIpc) is 2.47. The Labute approximate surface area is 111 Å². The molecule has 1 fully saturated rings. The lowest BCUT2D eigenvalue weighted by molar-refractivity contribution is -0.173. The molecule has 3 atom stereocenters. The molecule has 3 unspecified atom stereocenters. The van der Waals surface area contributed by atoms with Crippen molar-refractivity contribution in [3.63, 3.8) is 0 Å². The molecule has 19 heavy (non-hydrogen) atoms. The van der Waals surface area contributed by atoms with Crippen molar-refractivity contribution in [1.29, 1.82) is 0 Å². The Morgan fingerprint density at radius 3 is 2.74 bits per heavy atom. The highest BCUT2D eigenvalue weighted by molar-refractivity contribution is 5.94. The fourth-order valence-electron chi connectivity index (χ4n) is 2.96. The summed E-state index contributed by atoms with van der Waals surface area (Å²) in [6.07, 6.45) is 3.81. The van der Waals surface area contributed by atoms with Gasteiger partial charge in [0.15, 0.2) is 0 Å². The molecule has 98 valence electrons. The van der Waals surface area contributed by atoms with Crippen molar-refractivity contribution in [2.75, 3.05) is 7.11 Å². The maximum absolute atomic E-state index is 12.3. The van der Waals surface area contributed by atoms with Gasteiger partial charge in [-0.1, -0.05) is 36.4 Å². The van der Waals surface area contributed by atoms with Gasteiger partial charge in [-0.3, -0.25) is 9.59 Å². The molecule has 4 rings (SSSR count). The highest BCUT2D eigenvalue weighted by Crippen LogP contribution is 2.46. The van der Waals surface area contributed by atoms with E-state index < -0.39 is 11.3 Å². The molecule has 1 aromatic carbocycles. The highest BCUT2D eigenvalue weighted by Gasteiger charge is 2.57. The van der Waals surface area contributed by atoms with Crippen molar-refractivity contribution in [1.82, 2.24) is 0 Å². The molecule has 0 spiro atoms. The molecule has 4 nitrogen and oxygen atoms in total. The van der Waals surface area contributed by atoms with Crippen LogP contribution in [0.15, 0.2) is 42.5 Å². The van der Waals surface area contributed by atoms with Crippen LogP contribution in [0.4, 0.5) is 0 Å². The summed E-state index contributed by atoms with van der Waals surface area (Å²) < 4.78 is 10.2. The molecule has 1 aromatic rings. The standard InChI is InChI=1S/C15H14O4/c1-18-13(16)12-9-11-7-8-15(12,14(17)19-11)10-5-3-2-4-6-10/h2-8,11-12H,9H2,1H3. The first kappa shape index (κ1) is 12.0. The van der Waals surface area contributed by atoms with E-state index in [1.54, 1.807) is 6.08 Å². The summed E-state index contributed by atoms with van der Waals surface area (Å²) in [5.41, 5.74) is -0.270. The Morgan fingerprint density at radius 1 is 1.37 bits per heavy atom. The first-order valence-corrected chi connectivity index (χ1v) is 6.22. The second-order valence-electron chi connectivity index (χ2n) is 4.85. The number of fused-ring (bicyclic) bond motifs is 2. The molecule has 0 radical (unpaired) electrons. The van der Waals surface area contributed by atoms with Crippen molar-refractivity contribution < 1.29 is 19.1 Å². The first-order chi connectivity index (χ1) is 9.18. The normalized spacial score (nSPS) is 31.9. The summed E-state index contributed by atoms with van der Waals surface area (Å²) in [7, 11) is 1.35. The number of hydrogen-bond acceptors (Lipinski definition) is 4. The van der Waals surface area contributed by atoms with Crippen LogP contribution in [0, 0.1) is 5.92 Å². The third-order valence-corrected chi connectivity index (χ3v) is 3.92. The van der Waals surface area contributed by atoms with Crippen molar-refractivity contribution in [2.24, 2.45) is 5.92 Å². The number of esters is 2. The maximum Gasteiger partial charge on any atom is 0.321 e. The van der Waals surface area contributed by atoms with Gasteiger partial charge in [0.25, 0.3) is 0 Å². The fraction of sp³-hybridized carbons (Fsp3) is 0.333. The van der Waals surface area contributed by atoms with Gasteiger partial charge in [0.2, 0.25) is 0 Å². The minimum absolute atomic E-state index is 0.317. The highest BCUT2D eigenvalue weighted by atomic mass is 16.6. The molecule has 0 amide bonds. The second-order valence-corrected chi connectivity index (χ2v) is 4.85. The summed E-state index contributed by atoms with van der Waals surface area (Å²) in [4.78, 5) is 24.3. The van der Waals surface area contributed by atoms with Crippen molar-refractivity contribution >= 4 is 11.9 Å². The largest absolute Gasteiger partial charge is 0.469 e. The van der Waals surface area contributed by atoms with Crippen LogP contribution in [0.1, 0.15) is 12.0 Å². The third-order valence-electron chi connectivity index (χ3n) is 3.92. The molecule has 0 N–H and O–H groups in total. The van der Waals surface area contributed by atoms with Gasteiger partial charge in [0, 0.05) is 6.42 Å². The van der Waals surface area contributed by atoms with Gasteiger partial charge < -0.3 is 9.47 Å².